The number of benzene rings is 1. The van der Waals surface area contributed by atoms with Crippen molar-refractivity contribution in [2.75, 3.05) is 0 Å². The van der Waals surface area contributed by atoms with Crippen LogP contribution in [0.15, 0.2) is 76.8 Å². The van der Waals surface area contributed by atoms with Gasteiger partial charge in [-0.2, -0.15) is 8.42 Å². The maximum atomic E-state index is 12.8. The lowest BCUT2D eigenvalue weighted by molar-refractivity contribution is -0.175. The zero-order valence-electron chi connectivity index (χ0n) is 13.8. The third kappa shape index (κ3) is 2.56. The SMILES string of the molecule is Cc1ccc(S(=O)(=O)ON2C(=O)C3=CC=CC4=CC=CC(C2=O)C43)cc1. The molecule has 7 heteroatoms. The van der Waals surface area contributed by atoms with Gasteiger partial charge in [0.15, 0.2) is 0 Å². The second kappa shape index (κ2) is 5.89. The minimum atomic E-state index is -4.31. The summed E-state index contributed by atoms with van der Waals surface area (Å²) >= 11 is 0. The topological polar surface area (TPSA) is 80.8 Å². The van der Waals surface area contributed by atoms with Gasteiger partial charge < -0.3 is 0 Å². The molecule has 0 radical (unpaired) electrons. The van der Waals surface area contributed by atoms with Crippen molar-refractivity contribution in [3.05, 3.63) is 77.4 Å². The van der Waals surface area contributed by atoms with Gasteiger partial charge in [0, 0.05) is 11.5 Å². The molecule has 4 rings (SSSR count). The molecule has 2 atom stereocenters. The second-order valence-corrected chi connectivity index (χ2v) is 7.84. The largest absolute Gasteiger partial charge is 0.318 e. The van der Waals surface area contributed by atoms with Crippen LogP contribution in [-0.2, 0) is 24.0 Å². The minimum Gasteiger partial charge on any atom is -0.271 e. The predicted octanol–water partition coefficient (Wildman–Crippen LogP) is 2.21. The molecule has 3 aliphatic rings. The monoisotopic (exact) mass is 369 g/mol. The van der Waals surface area contributed by atoms with Gasteiger partial charge >= 0.3 is 10.1 Å². The Morgan fingerprint density at radius 1 is 1.04 bits per heavy atom. The van der Waals surface area contributed by atoms with E-state index in [-0.39, 0.29) is 4.90 Å². The lowest BCUT2D eigenvalue weighted by atomic mass is 9.72. The van der Waals surface area contributed by atoms with E-state index in [9.17, 15) is 18.0 Å². The van der Waals surface area contributed by atoms with Crippen LogP contribution in [0.4, 0.5) is 0 Å². The van der Waals surface area contributed by atoms with Crippen molar-refractivity contribution in [2.24, 2.45) is 11.8 Å². The quantitative estimate of drug-likeness (QED) is 0.763. The number of rotatable bonds is 3. The molecule has 0 saturated carbocycles. The van der Waals surface area contributed by atoms with Gasteiger partial charge in [-0.15, -0.1) is 9.35 Å². The van der Waals surface area contributed by atoms with E-state index in [2.05, 4.69) is 0 Å². The highest BCUT2D eigenvalue weighted by atomic mass is 32.2. The molecule has 0 N–H and O–H groups in total. The van der Waals surface area contributed by atoms with Crippen LogP contribution in [0.25, 0.3) is 0 Å². The first-order valence-corrected chi connectivity index (χ1v) is 9.45. The van der Waals surface area contributed by atoms with Gasteiger partial charge in [-0.05, 0) is 24.6 Å². The molecule has 132 valence electrons. The Balaban J connectivity index is 1.70. The maximum absolute atomic E-state index is 12.8. The van der Waals surface area contributed by atoms with Gasteiger partial charge in [0.05, 0.1) is 10.8 Å². The molecule has 1 aromatic rings. The first kappa shape index (κ1) is 16.7. The number of aryl methyl sites for hydroxylation is 1. The normalized spacial score (nSPS) is 24.3. The third-order valence-electron chi connectivity index (χ3n) is 4.62. The fraction of sp³-hybridized carbons (Fsp3) is 0.158. The average molecular weight is 369 g/mol. The highest BCUT2D eigenvalue weighted by molar-refractivity contribution is 7.86. The van der Waals surface area contributed by atoms with Crippen LogP contribution in [0.5, 0.6) is 0 Å². The van der Waals surface area contributed by atoms with Gasteiger partial charge in [0.25, 0.3) is 11.8 Å². The standard InChI is InChI=1S/C19H15NO5S/c1-12-8-10-14(11-9-12)26(23,24)25-20-18(21)15-6-2-4-13-5-3-7-16(17(13)15)19(20)22/h2-11,15,17H,1H3. The van der Waals surface area contributed by atoms with Crippen LogP contribution >= 0.6 is 0 Å². The van der Waals surface area contributed by atoms with Crippen LogP contribution in [-0.4, -0.2) is 25.3 Å². The molecule has 0 bridgehead atoms. The van der Waals surface area contributed by atoms with Gasteiger partial charge in [-0.1, -0.05) is 54.2 Å². The first-order chi connectivity index (χ1) is 12.4. The molecule has 0 spiro atoms. The van der Waals surface area contributed by atoms with Crippen molar-refractivity contribution in [1.29, 1.82) is 0 Å². The summed E-state index contributed by atoms with van der Waals surface area (Å²) in [5.41, 5.74) is 2.06. The molecular weight excluding hydrogens is 354 g/mol. The highest BCUT2D eigenvalue weighted by Crippen LogP contribution is 2.41. The summed E-state index contributed by atoms with van der Waals surface area (Å²) in [6.07, 6.45) is 10.4. The highest BCUT2D eigenvalue weighted by Gasteiger charge is 2.48. The van der Waals surface area contributed by atoms with E-state index in [0.717, 1.165) is 11.1 Å². The molecule has 1 fully saturated rings. The van der Waals surface area contributed by atoms with E-state index in [1.807, 2.05) is 19.1 Å². The van der Waals surface area contributed by atoms with Gasteiger partial charge in [-0.3, -0.25) is 9.59 Å². The summed E-state index contributed by atoms with van der Waals surface area (Å²) in [4.78, 5) is 25.4. The molecule has 6 nitrogen and oxygen atoms in total. The Hall–Kier alpha value is -2.77. The summed E-state index contributed by atoms with van der Waals surface area (Å²) in [6.45, 7) is 1.82. The van der Waals surface area contributed by atoms with Crippen LogP contribution in [0, 0.1) is 18.8 Å². The number of hydroxylamine groups is 2. The number of hydrogen-bond acceptors (Lipinski definition) is 5. The molecule has 1 aromatic carbocycles. The Morgan fingerprint density at radius 2 is 1.77 bits per heavy atom. The van der Waals surface area contributed by atoms with Crippen LogP contribution in [0.1, 0.15) is 5.56 Å². The van der Waals surface area contributed by atoms with E-state index in [0.29, 0.717) is 10.6 Å². The molecule has 2 aliphatic carbocycles. The molecular formula is C19H15NO5S. The van der Waals surface area contributed by atoms with E-state index in [1.165, 1.54) is 12.1 Å². The Morgan fingerprint density at radius 3 is 2.50 bits per heavy atom. The maximum Gasteiger partial charge on any atom is 0.318 e. The van der Waals surface area contributed by atoms with Crippen molar-refractivity contribution < 1.29 is 22.3 Å². The summed E-state index contributed by atoms with van der Waals surface area (Å²) in [5.74, 6) is -2.51. The van der Waals surface area contributed by atoms with Crippen molar-refractivity contribution >= 4 is 21.9 Å². The number of nitrogens with zero attached hydrogens (tertiary/aromatic N) is 1. The Labute approximate surface area is 150 Å². The van der Waals surface area contributed by atoms with E-state index in [4.69, 9.17) is 4.28 Å². The zero-order valence-corrected chi connectivity index (χ0v) is 14.6. The van der Waals surface area contributed by atoms with Crippen molar-refractivity contribution in [2.45, 2.75) is 11.8 Å². The van der Waals surface area contributed by atoms with E-state index in [1.54, 1.807) is 36.4 Å². The number of allylic oxidation sites excluding steroid dienone is 6. The van der Waals surface area contributed by atoms with Crippen molar-refractivity contribution in [1.82, 2.24) is 5.06 Å². The molecule has 0 aromatic heterocycles. The van der Waals surface area contributed by atoms with Crippen molar-refractivity contribution in [3.8, 4) is 0 Å². The molecule has 2 amide bonds. The molecule has 1 heterocycles. The van der Waals surface area contributed by atoms with Gasteiger partial charge in [0.1, 0.15) is 0 Å². The Bertz CT molecular complexity index is 1030. The van der Waals surface area contributed by atoms with Crippen LogP contribution in [0.2, 0.25) is 0 Å². The molecule has 1 aliphatic heterocycles. The fourth-order valence-electron chi connectivity index (χ4n) is 3.31. The number of piperidine rings is 1. The lowest BCUT2D eigenvalue weighted by Crippen LogP contribution is -2.51. The van der Waals surface area contributed by atoms with Gasteiger partial charge in [-0.25, -0.2) is 0 Å². The lowest BCUT2D eigenvalue weighted by Gasteiger charge is -2.38. The van der Waals surface area contributed by atoms with E-state index < -0.39 is 33.8 Å². The summed E-state index contributed by atoms with van der Waals surface area (Å²) in [5, 5.41) is 0.370. The number of hydrogen-bond donors (Lipinski definition) is 0. The van der Waals surface area contributed by atoms with E-state index >= 15 is 0 Å². The zero-order chi connectivity index (χ0) is 18.5. The summed E-state index contributed by atoms with van der Waals surface area (Å²) in [6, 6.07) is 5.97. The smallest absolute Gasteiger partial charge is 0.271 e. The molecule has 2 unspecified atom stereocenters. The fourth-order valence-corrected chi connectivity index (χ4v) is 4.20. The Kier molecular flexibility index (Phi) is 3.78. The van der Waals surface area contributed by atoms with Crippen LogP contribution < -0.4 is 0 Å². The minimum absolute atomic E-state index is 0.122. The number of carbonyl (C=O) groups excluding carboxylic acids is 2. The second-order valence-electron chi connectivity index (χ2n) is 6.32. The molecule has 1 saturated heterocycles. The van der Waals surface area contributed by atoms with Crippen LogP contribution in [0.3, 0.4) is 0 Å². The van der Waals surface area contributed by atoms with Crippen molar-refractivity contribution in [3.63, 3.8) is 0 Å². The van der Waals surface area contributed by atoms with Gasteiger partial charge in [0.2, 0.25) is 0 Å². The summed E-state index contributed by atoms with van der Waals surface area (Å²) < 4.78 is 30.0. The number of amides is 2. The number of carbonyl (C=O) groups is 2. The number of imide groups is 1. The predicted molar refractivity (Wildman–Crippen MR) is 92.7 cm³/mol. The summed E-state index contributed by atoms with van der Waals surface area (Å²) in [7, 11) is -4.31. The third-order valence-corrected chi connectivity index (χ3v) is 5.82. The average Bonchev–Trinajstić information content (AvgIpc) is 2.63. The molecule has 26 heavy (non-hydrogen) atoms. The first-order valence-electron chi connectivity index (χ1n) is 8.05.